The highest BCUT2D eigenvalue weighted by Gasteiger charge is 2.35. The molecule has 1 aliphatic rings. The molecule has 0 radical (unpaired) electrons. The Labute approximate surface area is 124 Å². The van der Waals surface area contributed by atoms with Gasteiger partial charge < -0.3 is 20.7 Å². The lowest BCUT2D eigenvalue weighted by molar-refractivity contribution is -0.124. The molecule has 0 aromatic heterocycles. The Morgan fingerprint density at radius 3 is 2.90 bits per heavy atom. The second-order valence-corrected chi connectivity index (χ2v) is 4.92. The summed E-state index contributed by atoms with van der Waals surface area (Å²) in [6.07, 6.45) is 1.47. The normalized spacial score (nSPS) is 17.6. The summed E-state index contributed by atoms with van der Waals surface area (Å²) in [6.45, 7) is 2.85. The molecule has 0 bridgehead atoms. The van der Waals surface area contributed by atoms with Gasteiger partial charge in [-0.1, -0.05) is 6.07 Å². The molecule has 6 heteroatoms. The lowest BCUT2D eigenvalue weighted by Crippen LogP contribution is -2.45. The smallest absolute Gasteiger partial charge is 0.260 e. The van der Waals surface area contributed by atoms with Crippen molar-refractivity contribution in [1.29, 1.82) is 0 Å². The number of nitrogen functional groups attached to an aromatic ring is 1. The molecule has 0 spiro atoms. The van der Waals surface area contributed by atoms with E-state index in [0.29, 0.717) is 36.6 Å². The fourth-order valence-corrected chi connectivity index (χ4v) is 2.65. The van der Waals surface area contributed by atoms with Crippen molar-refractivity contribution in [1.82, 2.24) is 10.2 Å². The van der Waals surface area contributed by atoms with E-state index < -0.39 is 6.04 Å². The van der Waals surface area contributed by atoms with Crippen molar-refractivity contribution >= 4 is 17.5 Å². The third kappa shape index (κ3) is 2.94. The van der Waals surface area contributed by atoms with Gasteiger partial charge in [0, 0.05) is 19.3 Å². The molecule has 21 heavy (non-hydrogen) atoms. The van der Waals surface area contributed by atoms with Gasteiger partial charge in [0.05, 0.1) is 6.61 Å². The molecule has 3 N–H and O–H groups in total. The third-order valence-corrected chi connectivity index (χ3v) is 3.63. The number of anilines is 1. The average Bonchev–Trinajstić information content (AvgIpc) is 2.96. The van der Waals surface area contributed by atoms with E-state index in [-0.39, 0.29) is 11.8 Å². The molecule has 1 aromatic rings. The van der Waals surface area contributed by atoms with Gasteiger partial charge in [0.25, 0.3) is 5.91 Å². The molecule has 114 valence electrons. The molecular formula is C15H21N3O3. The van der Waals surface area contributed by atoms with Gasteiger partial charge in [0.2, 0.25) is 5.91 Å². The van der Waals surface area contributed by atoms with Crippen molar-refractivity contribution in [3.8, 4) is 5.75 Å². The minimum Gasteiger partial charge on any atom is -0.493 e. The van der Waals surface area contributed by atoms with E-state index >= 15 is 0 Å². The number of hydrogen-bond donors (Lipinski definition) is 2. The monoisotopic (exact) mass is 291 g/mol. The SMILES string of the molecule is CCOc1cccc(N)c1C(=O)N1CCCC1C(=O)NC. The number of nitrogens with one attached hydrogen (secondary N) is 1. The Bertz CT molecular complexity index is 545. The number of ether oxygens (including phenoxy) is 1. The predicted octanol–water partition coefficient (Wildman–Crippen LogP) is 1.02. The van der Waals surface area contributed by atoms with Gasteiger partial charge in [0.1, 0.15) is 17.4 Å². The summed E-state index contributed by atoms with van der Waals surface area (Å²) in [5.74, 6) is 0.0704. The van der Waals surface area contributed by atoms with Crippen LogP contribution in [0.15, 0.2) is 18.2 Å². The van der Waals surface area contributed by atoms with E-state index in [1.165, 1.54) is 0 Å². The second kappa shape index (κ2) is 6.47. The maximum Gasteiger partial charge on any atom is 0.260 e. The Kier molecular flexibility index (Phi) is 4.67. The molecule has 0 aliphatic carbocycles. The number of nitrogens with two attached hydrogens (primary N) is 1. The Hall–Kier alpha value is -2.24. The summed E-state index contributed by atoms with van der Waals surface area (Å²) in [4.78, 5) is 26.2. The number of hydrogen-bond acceptors (Lipinski definition) is 4. The number of nitrogens with zero attached hydrogens (tertiary/aromatic N) is 1. The van der Waals surface area contributed by atoms with Crippen LogP contribution in [-0.2, 0) is 4.79 Å². The zero-order chi connectivity index (χ0) is 15.4. The lowest BCUT2D eigenvalue weighted by Gasteiger charge is -2.25. The van der Waals surface area contributed by atoms with Crippen molar-refractivity contribution in [2.75, 3.05) is 25.9 Å². The fraction of sp³-hybridized carbons (Fsp3) is 0.467. The first-order valence-corrected chi connectivity index (χ1v) is 7.14. The van der Waals surface area contributed by atoms with E-state index in [2.05, 4.69) is 5.32 Å². The van der Waals surface area contributed by atoms with Crippen LogP contribution < -0.4 is 15.8 Å². The van der Waals surface area contributed by atoms with Crippen LogP contribution in [0.4, 0.5) is 5.69 Å². The van der Waals surface area contributed by atoms with Gasteiger partial charge in [-0.05, 0) is 31.9 Å². The fourth-order valence-electron chi connectivity index (χ4n) is 2.65. The molecule has 6 nitrogen and oxygen atoms in total. The summed E-state index contributed by atoms with van der Waals surface area (Å²) in [5.41, 5.74) is 6.66. The second-order valence-electron chi connectivity index (χ2n) is 4.92. The van der Waals surface area contributed by atoms with Crippen LogP contribution in [-0.4, -0.2) is 43.0 Å². The van der Waals surface area contributed by atoms with Gasteiger partial charge in [-0.2, -0.15) is 0 Å². The van der Waals surface area contributed by atoms with E-state index in [1.54, 1.807) is 30.1 Å². The molecule has 2 rings (SSSR count). The number of amides is 2. The summed E-state index contributed by atoms with van der Waals surface area (Å²) in [7, 11) is 1.58. The predicted molar refractivity (Wildman–Crippen MR) is 80.1 cm³/mol. The van der Waals surface area contributed by atoms with Crippen molar-refractivity contribution in [3.63, 3.8) is 0 Å². The summed E-state index contributed by atoms with van der Waals surface area (Å²) in [6, 6.07) is 4.70. The standard InChI is InChI=1S/C15H21N3O3/c1-3-21-12-8-4-6-10(16)13(12)15(20)18-9-5-7-11(18)14(19)17-2/h4,6,8,11H,3,5,7,9,16H2,1-2H3,(H,17,19). The van der Waals surface area contributed by atoms with Crippen LogP contribution in [0, 0.1) is 0 Å². The molecule has 1 saturated heterocycles. The first-order valence-electron chi connectivity index (χ1n) is 7.14. The largest absolute Gasteiger partial charge is 0.493 e. The highest BCUT2D eigenvalue weighted by molar-refractivity contribution is 6.04. The maximum atomic E-state index is 12.8. The van der Waals surface area contributed by atoms with Crippen LogP contribution in [0.1, 0.15) is 30.1 Å². The zero-order valence-electron chi connectivity index (χ0n) is 12.4. The minimum absolute atomic E-state index is 0.145. The number of rotatable bonds is 4. The number of likely N-dealkylation sites (N-methyl/N-ethyl adjacent to an activating group) is 1. The summed E-state index contributed by atoms with van der Waals surface area (Å²) >= 11 is 0. The van der Waals surface area contributed by atoms with Gasteiger partial charge in [0.15, 0.2) is 0 Å². The first kappa shape index (κ1) is 15.2. The van der Waals surface area contributed by atoms with E-state index in [0.717, 1.165) is 6.42 Å². The van der Waals surface area contributed by atoms with Crippen LogP contribution >= 0.6 is 0 Å². The molecule has 1 fully saturated rings. The summed E-state index contributed by atoms with van der Waals surface area (Å²) in [5, 5.41) is 2.60. The number of carbonyl (C=O) groups excluding carboxylic acids is 2. The molecule has 1 heterocycles. The maximum absolute atomic E-state index is 12.8. The van der Waals surface area contributed by atoms with Crippen molar-refractivity contribution in [2.24, 2.45) is 0 Å². The topological polar surface area (TPSA) is 84.7 Å². The molecule has 1 unspecified atom stereocenters. The first-order chi connectivity index (χ1) is 10.1. The van der Waals surface area contributed by atoms with Crippen molar-refractivity contribution < 1.29 is 14.3 Å². The lowest BCUT2D eigenvalue weighted by atomic mass is 10.1. The minimum atomic E-state index is -0.434. The van der Waals surface area contributed by atoms with Crippen LogP contribution in [0.25, 0.3) is 0 Å². The Balaban J connectivity index is 2.33. The molecule has 1 aromatic carbocycles. The summed E-state index contributed by atoms with van der Waals surface area (Å²) < 4.78 is 5.49. The van der Waals surface area contributed by atoms with Gasteiger partial charge in [-0.25, -0.2) is 0 Å². The van der Waals surface area contributed by atoms with Crippen LogP contribution in [0.5, 0.6) is 5.75 Å². The average molecular weight is 291 g/mol. The van der Waals surface area contributed by atoms with Crippen LogP contribution in [0.3, 0.4) is 0 Å². The molecular weight excluding hydrogens is 270 g/mol. The number of likely N-dealkylation sites (tertiary alicyclic amines) is 1. The molecule has 0 saturated carbocycles. The van der Waals surface area contributed by atoms with E-state index in [9.17, 15) is 9.59 Å². The molecule has 1 atom stereocenters. The Morgan fingerprint density at radius 2 is 2.24 bits per heavy atom. The van der Waals surface area contributed by atoms with Crippen molar-refractivity contribution in [2.45, 2.75) is 25.8 Å². The van der Waals surface area contributed by atoms with E-state index in [4.69, 9.17) is 10.5 Å². The Morgan fingerprint density at radius 1 is 1.48 bits per heavy atom. The molecule has 2 amide bonds. The van der Waals surface area contributed by atoms with Crippen molar-refractivity contribution in [3.05, 3.63) is 23.8 Å². The zero-order valence-corrected chi connectivity index (χ0v) is 12.4. The number of carbonyl (C=O) groups is 2. The molecule has 1 aliphatic heterocycles. The highest BCUT2D eigenvalue weighted by atomic mass is 16.5. The number of benzene rings is 1. The highest BCUT2D eigenvalue weighted by Crippen LogP contribution is 2.29. The van der Waals surface area contributed by atoms with Gasteiger partial charge >= 0.3 is 0 Å². The van der Waals surface area contributed by atoms with Gasteiger partial charge in [-0.15, -0.1) is 0 Å². The van der Waals surface area contributed by atoms with E-state index in [1.807, 2.05) is 6.92 Å². The van der Waals surface area contributed by atoms with Crippen LogP contribution in [0.2, 0.25) is 0 Å². The quantitative estimate of drug-likeness (QED) is 0.811. The third-order valence-electron chi connectivity index (χ3n) is 3.63. The van der Waals surface area contributed by atoms with Gasteiger partial charge in [-0.3, -0.25) is 9.59 Å².